The summed E-state index contributed by atoms with van der Waals surface area (Å²) in [4.78, 5) is 35.0. The Morgan fingerprint density at radius 2 is 1.82 bits per heavy atom. The van der Waals surface area contributed by atoms with Crippen molar-refractivity contribution in [2.75, 3.05) is 27.3 Å². The molecule has 1 fully saturated rings. The molecule has 2 aromatic rings. The van der Waals surface area contributed by atoms with Crippen molar-refractivity contribution >= 4 is 28.8 Å². The largest absolute Gasteiger partial charge is 0.493 e. The van der Waals surface area contributed by atoms with Gasteiger partial charge in [-0.15, -0.1) is 0 Å². The monoisotopic (exact) mass is 547 g/mol. The summed E-state index contributed by atoms with van der Waals surface area (Å²) in [6.45, 7) is 3.95. The van der Waals surface area contributed by atoms with Gasteiger partial charge in [0, 0.05) is 18.8 Å². The Balaban J connectivity index is 1.50. The third-order valence-corrected chi connectivity index (χ3v) is 8.05. The summed E-state index contributed by atoms with van der Waals surface area (Å²) in [6, 6.07) is 15.1. The zero-order valence-electron chi connectivity index (χ0n) is 22.5. The molecule has 0 bridgehead atoms. The number of aliphatic imine (C=N–C) groups is 1. The van der Waals surface area contributed by atoms with Gasteiger partial charge in [-0.25, -0.2) is 9.79 Å². The van der Waals surface area contributed by atoms with Crippen LogP contribution in [-0.4, -0.2) is 54.2 Å². The van der Waals surface area contributed by atoms with E-state index in [-0.39, 0.29) is 12.3 Å². The number of thioether (sulfide) groups is 1. The number of amidine groups is 1. The second-order valence-corrected chi connectivity index (χ2v) is 10.4. The number of allylic oxidation sites excluding steroid dienone is 1. The zero-order valence-corrected chi connectivity index (χ0v) is 23.3. The standard InChI is InChI=1S/C30H33N3O5S/c1-4-23-27(29(35)37-3)28(33-22(19-39-30(33)31-23)17-26(34)32-14-8-9-15-32)21-12-13-24(25(16-21)36-2)38-18-20-10-6-5-7-11-20/h5-7,10-13,16,19,28H,4,8-9,14-15,17-18H2,1-3H3. The van der Waals surface area contributed by atoms with Gasteiger partial charge in [-0.05, 0) is 47.9 Å². The van der Waals surface area contributed by atoms with Crippen LogP contribution in [0.15, 0.2) is 75.9 Å². The molecule has 2 aromatic carbocycles. The third kappa shape index (κ3) is 5.54. The van der Waals surface area contributed by atoms with Gasteiger partial charge >= 0.3 is 5.97 Å². The Bertz CT molecular complexity index is 1330. The molecule has 5 rings (SSSR count). The highest BCUT2D eigenvalue weighted by atomic mass is 32.2. The number of carbonyl (C=O) groups is 2. The van der Waals surface area contributed by atoms with Gasteiger partial charge in [0.25, 0.3) is 0 Å². The predicted octanol–water partition coefficient (Wildman–Crippen LogP) is 5.42. The molecule has 0 aromatic heterocycles. The molecule has 1 amide bonds. The van der Waals surface area contributed by atoms with E-state index >= 15 is 0 Å². The number of amides is 1. The second-order valence-electron chi connectivity index (χ2n) is 9.55. The van der Waals surface area contributed by atoms with Crippen LogP contribution in [0.5, 0.6) is 11.5 Å². The normalized spacial score (nSPS) is 18.5. The fraction of sp³-hybridized carbons (Fsp3) is 0.367. The number of likely N-dealkylation sites (tertiary alicyclic amines) is 1. The molecule has 3 aliphatic heterocycles. The number of benzene rings is 2. The first kappa shape index (κ1) is 26.9. The van der Waals surface area contributed by atoms with Gasteiger partial charge in [-0.2, -0.15) is 0 Å². The van der Waals surface area contributed by atoms with E-state index in [9.17, 15) is 9.59 Å². The molecule has 3 heterocycles. The van der Waals surface area contributed by atoms with E-state index in [1.165, 1.54) is 18.9 Å². The summed E-state index contributed by atoms with van der Waals surface area (Å²) in [5, 5.41) is 2.72. The van der Waals surface area contributed by atoms with E-state index in [2.05, 4.69) is 0 Å². The molecule has 0 radical (unpaired) electrons. The first-order valence-corrected chi connectivity index (χ1v) is 14.1. The molecule has 1 atom stereocenters. The van der Waals surface area contributed by atoms with Crippen molar-refractivity contribution in [3.63, 3.8) is 0 Å². The number of carbonyl (C=O) groups excluding carboxylic acids is 2. The molecule has 1 unspecified atom stereocenters. The third-order valence-electron chi connectivity index (χ3n) is 7.16. The molecule has 0 aliphatic carbocycles. The van der Waals surface area contributed by atoms with Crippen molar-refractivity contribution in [2.45, 2.75) is 45.3 Å². The van der Waals surface area contributed by atoms with E-state index in [0.717, 1.165) is 47.9 Å². The number of hydrogen-bond acceptors (Lipinski definition) is 8. The fourth-order valence-corrected chi connectivity index (χ4v) is 6.11. The van der Waals surface area contributed by atoms with Crippen LogP contribution in [0.4, 0.5) is 0 Å². The van der Waals surface area contributed by atoms with Crippen LogP contribution in [0.3, 0.4) is 0 Å². The Labute approximate surface area is 233 Å². The summed E-state index contributed by atoms with van der Waals surface area (Å²) in [6.07, 6.45) is 2.88. The van der Waals surface area contributed by atoms with Gasteiger partial charge in [-0.1, -0.05) is 55.1 Å². The highest BCUT2D eigenvalue weighted by molar-refractivity contribution is 8.16. The van der Waals surface area contributed by atoms with Crippen molar-refractivity contribution in [2.24, 2.45) is 4.99 Å². The van der Waals surface area contributed by atoms with Gasteiger partial charge in [0.2, 0.25) is 5.91 Å². The van der Waals surface area contributed by atoms with E-state index in [1.54, 1.807) is 7.11 Å². The summed E-state index contributed by atoms with van der Waals surface area (Å²) in [5.74, 6) is 0.807. The lowest BCUT2D eigenvalue weighted by Crippen LogP contribution is -2.38. The Hall–Kier alpha value is -3.72. The SMILES string of the molecule is CCC1=C(C(=O)OC)C(c2ccc(OCc3ccccc3)c(OC)c2)N2C(CC(=O)N3CCCC3)=CSC2=N1. The Kier molecular flexibility index (Phi) is 8.26. The molecule has 0 saturated carbocycles. The van der Waals surface area contributed by atoms with Crippen molar-refractivity contribution in [3.8, 4) is 11.5 Å². The first-order chi connectivity index (χ1) is 19.0. The summed E-state index contributed by atoms with van der Waals surface area (Å²) < 4.78 is 17.0. The lowest BCUT2D eigenvalue weighted by atomic mass is 9.92. The highest BCUT2D eigenvalue weighted by Gasteiger charge is 2.42. The Morgan fingerprint density at radius 3 is 2.51 bits per heavy atom. The quantitative estimate of drug-likeness (QED) is 0.388. The molecule has 3 aliphatic rings. The van der Waals surface area contributed by atoms with Crippen LogP contribution in [-0.2, 0) is 20.9 Å². The van der Waals surface area contributed by atoms with Crippen LogP contribution < -0.4 is 9.47 Å². The van der Waals surface area contributed by atoms with Crippen molar-refractivity contribution < 1.29 is 23.8 Å². The van der Waals surface area contributed by atoms with Crippen LogP contribution >= 0.6 is 11.8 Å². The van der Waals surface area contributed by atoms with Gasteiger partial charge in [0.05, 0.1) is 38.0 Å². The topological polar surface area (TPSA) is 80.7 Å². The van der Waals surface area contributed by atoms with Gasteiger partial charge < -0.3 is 24.0 Å². The number of esters is 1. The van der Waals surface area contributed by atoms with E-state index in [1.807, 2.05) is 70.7 Å². The van der Waals surface area contributed by atoms with E-state index in [4.69, 9.17) is 19.2 Å². The number of rotatable bonds is 9. The Morgan fingerprint density at radius 1 is 1.05 bits per heavy atom. The van der Waals surface area contributed by atoms with Crippen molar-refractivity contribution in [3.05, 3.63) is 82.0 Å². The molecular formula is C30H33N3O5S. The fourth-order valence-electron chi connectivity index (χ4n) is 5.17. The number of methoxy groups -OCH3 is 2. The zero-order chi connectivity index (χ0) is 27.4. The van der Waals surface area contributed by atoms with Crippen LogP contribution in [0.25, 0.3) is 0 Å². The number of ether oxygens (including phenoxy) is 3. The minimum Gasteiger partial charge on any atom is -0.493 e. The summed E-state index contributed by atoms with van der Waals surface area (Å²) in [5.41, 5.74) is 3.83. The predicted molar refractivity (Wildman–Crippen MR) is 151 cm³/mol. The average Bonchev–Trinajstić information content (AvgIpc) is 3.66. The van der Waals surface area contributed by atoms with Crippen LogP contribution in [0, 0.1) is 0 Å². The first-order valence-electron chi connectivity index (χ1n) is 13.2. The van der Waals surface area contributed by atoms with Crippen molar-refractivity contribution in [1.82, 2.24) is 9.80 Å². The van der Waals surface area contributed by atoms with Crippen molar-refractivity contribution in [1.29, 1.82) is 0 Å². The minimum atomic E-state index is -0.524. The summed E-state index contributed by atoms with van der Waals surface area (Å²) >= 11 is 1.48. The second kappa shape index (κ2) is 12.0. The lowest BCUT2D eigenvalue weighted by molar-refractivity contribution is -0.136. The maximum atomic E-state index is 13.2. The lowest BCUT2D eigenvalue weighted by Gasteiger charge is -2.37. The molecule has 0 N–H and O–H groups in total. The maximum absolute atomic E-state index is 13.2. The maximum Gasteiger partial charge on any atom is 0.338 e. The molecule has 8 nitrogen and oxygen atoms in total. The van der Waals surface area contributed by atoms with Crippen LogP contribution in [0.1, 0.15) is 49.8 Å². The smallest absolute Gasteiger partial charge is 0.338 e. The molecule has 1 saturated heterocycles. The van der Waals surface area contributed by atoms with E-state index in [0.29, 0.717) is 35.8 Å². The number of nitrogens with zero attached hydrogens (tertiary/aromatic N) is 3. The minimum absolute atomic E-state index is 0.0893. The summed E-state index contributed by atoms with van der Waals surface area (Å²) in [7, 11) is 2.98. The van der Waals surface area contributed by atoms with Gasteiger partial charge in [-0.3, -0.25) is 4.79 Å². The molecule has 9 heteroatoms. The van der Waals surface area contributed by atoms with Crippen LogP contribution in [0.2, 0.25) is 0 Å². The number of fused-ring (bicyclic) bond motifs is 1. The number of hydrogen-bond donors (Lipinski definition) is 0. The van der Waals surface area contributed by atoms with Gasteiger partial charge in [0.1, 0.15) is 6.61 Å². The van der Waals surface area contributed by atoms with Gasteiger partial charge in [0.15, 0.2) is 16.7 Å². The van der Waals surface area contributed by atoms with E-state index < -0.39 is 12.0 Å². The highest BCUT2D eigenvalue weighted by Crippen LogP contribution is 2.47. The molecule has 39 heavy (non-hydrogen) atoms. The molecule has 204 valence electrons. The molecular weight excluding hydrogens is 514 g/mol. The average molecular weight is 548 g/mol. The molecule has 0 spiro atoms.